The summed E-state index contributed by atoms with van der Waals surface area (Å²) in [6.07, 6.45) is 1.73. The minimum atomic E-state index is -0.688. The van der Waals surface area contributed by atoms with Crippen molar-refractivity contribution >= 4 is 50.3 Å². The lowest BCUT2D eigenvalue weighted by atomic mass is 10.2. The molecule has 188 valence electrons. The van der Waals surface area contributed by atoms with E-state index >= 15 is 0 Å². The van der Waals surface area contributed by atoms with Crippen LogP contribution in [0, 0.1) is 15.9 Å². The molecule has 0 saturated heterocycles. The Balaban J connectivity index is 1.56. The molecule has 0 bridgehead atoms. The van der Waals surface area contributed by atoms with Crippen LogP contribution in [0.4, 0.5) is 15.8 Å². The van der Waals surface area contributed by atoms with E-state index in [1.165, 1.54) is 42.6 Å². The molecule has 4 aromatic rings. The van der Waals surface area contributed by atoms with Gasteiger partial charge in [0.2, 0.25) is 0 Å². The molecule has 1 heterocycles. The summed E-state index contributed by atoms with van der Waals surface area (Å²) in [6.45, 7) is 1.26. The second-order valence-electron chi connectivity index (χ2n) is 7.71. The van der Waals surface area contributed by atoms with Crippen LogP contribution >= 0.6 is 15.9 Å². The van der Waals surface area contributed by atoms with Gasteiger partial charge in [-0.3, -0.25) is 19.7 Å². The van der Waals surface area contributed by atoms with E-state index < -0.39 is 28.9 Å². The molecule has 0 atom stereocenters. The highest BCUT2D eigenvalue weighted by molar-refractivity contribution is 9.10. The molecule has 37 heavy (non-hydrogen) atoms. The van der Waals surface area contributed by atoms with Gasteiger partial charge in [0, 0.05) is 22.5 Å². The number of halogens is 2. The number of hydrogen-bond donors (Lipinski definition) is 1. The van der Waals surface area contributed by atoms with E-state index in [4.69, 9.17) is 4.74 Å². The zero-order chi connectivity index (χ0) is 26.5. The van der Waals surface area contributed by atoms with Gasteiger partial charge in [-0.15, -0.1) is 0 Å². The Morgan fingerprint density at radius 1 is 1.24 bits per heavy atom. The number of nitrogens with one attached hydrogen (secondary N) is 1. The van der Waals surface area contributed by atoms with Gasteiger partial charge in [-0.05, 0) is 42.5 Å². The molecule has 3 aromatic carbocycles. The molecule has 12 heteroatoms. The van der Waals surface area contributed by atoms with Crippen molar-refractivity contribution in [2.45, 2.75) is 13.3 Å². The fourth-order valence-corrected chi connectivity index (χ4v) is 3.80. The zero-order valence-electron chi connectivity index (χ0n) is 19.4. The molecule has 0 radical (unpaired) electrons. The van der Waals surface area contributed by atoms with Gasteiger partial charge in [0.25, 0.3) is 11.5 Å². The van der Waals surface area contributed by atoms with Crippen molar-refractivity contribution < 1.29 is 18.8 Å². The third-order valence-corrected chi connectivity index (χ3v) is 5.69. The Kier molecular flexibility index (Phi) is 7.68. The number of nitrogens with zero attached hydrogens (tertiary/aromatic N) is 4. The van der Waals surface area contributed by atoms with Gasteiger partial charge in [0.05, 0.1) is 27.7 Å². The predicted octanol–water partition coefficient (Wildman–Crippen LogP) is 4.67. The predicted molar refractivity (Wildman–Crippen MR) is 140 cm³/mol. The number of anilines is 1. The fraction of sp³-hybridized carbons (Fsp3) is 0.120. The second-order valence-corrected chi connectivity index (χ2v) is 8.62. The van der Waals surface area contributed by atoms with E-state index in [0.717, 1.165) is 4.68 Å². The van der Waals surface area contributed by atoms with E-state index in [1.807, 2.05) is 6.92 Å². The van der Waals surface area contributed by atoms with Gasteiger partial charge in [-0.2, -0.15) is 9.78 Å². The molecule has 4 rings (SSSR count). The lowest BCUT2D eigenvalue weighted by Crippen LogP contribution is -2.22. The number of nitro benzene ring substituents is 1. The van der Waals surface area contributed by atoms with Crippen LogP contribution in [-0.2, 0) is 11.2 Å². The molecule has 0 aliphatic rings. The highest BCUT2D eigenvalue weighted by Crippen LogP contribution is 2.27. The van der Waals surface area contributed by atoms with E-state index in [1.54, 1.807) is 24.3 Å². The molecule has 0 spiro atoms. The molecule has 1 N–H and O–H groups in total. The Bertz CT molecular complexity index is 1600. The summed E-state index contributed by atoms with van der Waals surface area (Å²) in [6, 6.07) is 14.8. The van der Waals surface area contributed by atoms with Crippen LogP contribution in [0.1, 0.15) is 18.3 Å². The lowest BCUT2D eigenvalue weighted by molar-refractivity contribution is -0.385. The van der Waals surface area contributed by atoms with Crippen LogP contribution < -0.4 is 15.6 Å². The molecule has 0 aliphatic carbocycles. The number of hydrogen-bond acceptors (Lipinski definition) is 7. The number of carbonyl (C=O) groups excluding carboxylic acids is 1. The van der Waals surface area contributed by atoms with Crippen molar-refractivity contribution in [3.8, 4) is 5.75 Å². The number of amides is 1. The largest absolute Gasteiger partial charge is 0.477 e. The molecular weight excluding hydrogens is 549 g/mol. The quantitative estimate of drug-likeness (QED) is 0.187. The number of aromatic nitrogens is 2. The molecule has 0 fully saturated rings. The first-order valence-electron chi connectivity index (χ1n) is 11.0. The number of aryl methyl sites for hydroxylation is 1. The molecule has 10 nitrogen and oxygen atoms in total. The van der Waals surface area contributed by atoms with Crippen molar-refractivity contribution in [1.82, 2.24) is 9.66 Å². The van der Waals surface area contributed by atoms with Gasteiger partial charge in [-0.25, -0.2) is 9.37 Å². The minimum absolute atomic E-state index is 0.0330. The summed E-state index contributed by atoms with van der Waals surface area (Å²) < 4.78 is 20.9. The molecule has 0 unspecified atom stereocenters. The summed E-state index contributed by atoms with van der Waals surface area (Å²) >= 11 is 3.34. The van der Waals surface area contributed by atoms with Crippen LogP contribution in [0.5, 0.6) is 5.75 Å². The maximum absolute atomic E-state index is 13.7. The van der Waals surface area contributed by atoms with Crippen LogP contribution in [0.3, 0.4) is 0 Å². The van der Waals surface area contributed by atoms with Gasteiger partial charge in [0.1, 0.15) is 11.6 Å². The second kappa shape index (κ2) is 11.1. The summed E-state index contributed by atoms with van der Waals surface area (Å²) in [7, 11) is 0. The Morgan fingerprint density at radius 3 is 2.76 bits per heavy atom. The van der Waals surface area contributed by atoms with E-state index in [0.29, 0.717) is 33.2 Å². The Morgan fingerprint density at radius 2 is 2.03 bits per heavy atom. The van der Waals surface area contributed by atoms with Crippen LogP contribution in [0.25, 0.3) is 10.9 Å². The maximum Gasteiger partial charge on any atom is 0.311 e. The number of fused-ring (bicyclic) bond motifs is 1. The van der Waals surface area contributed by atoms with Crippen LogP contribution in [-0.4, -0.2) is 33.3 Å². The molecule has 0 saturated carbocycles. The molecular formula is C25H19BrFN5O5. The number of carbonyl (C=O) groups is 1. The van der Waals surface area contributed by atoms with Crippen LogP contribution in [0.2, 0.25) is 0 Å². The number of nitro groups is 1. The normalized spacial score (nSPS) is 11.1. The smallest absolute Gasteiger partial charge is 0.311 e. The SMILES string of the molecule is CCc1nc2ccc(Br)cc2c(=O)n1N=Cc1ccc(OCC(=O)Nc2ccccc2F)c([N+](=O)[O-])c1. The maximum atomic E-state index is 13.7. The van der Waals surface area contributed by atoms with Gasteiger partial charge in [-0.1, -0.05) is 35.0 Å². The number of rotatable bonds is 8. The van der Waals surface area contributed by atoms with E-state index in [-0.39, 0.29) is 17.0 Å². The van der Waals surface area contributed by atoms with Gasteiger partial charge < -0.3 is 10.1 Å². The molecule has 0 aliphatic heterocycles. The van der Waals surface area contributed by atoms with E-state index in [9.17, 15) is 24.1 Å². The van der Waals surface area contributed by atoms with Gasteiger partial charge in [0.15, 0.2) is 12.4 Å². The standard InChI is InChI=1S/C25H19BrFN5O5/c1-2-23-29-19-9-8-16(26)12-17(19)25(34)31(23)28-13-15-7-10-22(21(11-15)32(35)36)37-14-24(33)30-20-6-4-3-5-18(20)27/h3-13H,2,14H2,1H3,(H,30,33). The highest BCUT2D eigenvalue weighted by atomic mass is 79.9. The lowest BCUT2D eigenvalue weighted by Gasteiger charge is -2.09. The summed E-state index contributed by atoms with van der Waals surface area (Å²) in [5, 5.41) is 18.6. The molecule has 1 amide bonds. The Labute approximate surface area is 217 Å². The number of ether oxygens (including phenoxy) is 1. The van der Waals surface area contributed by atoms with Crippen molar-refractivity contribution in [2.75, 3.05) is 11.9 Å². The Hall–Kier alpha value is -4.45. The highest BCUT2D eigenvalue weighted by Gasteiger charge is 2.18. The van der Waals surface area contributed by atoms with E-state index in [2.05, 4.69) is 31.3 Å². The zero-order valence-corrected chi connectivity index (χ0v) is 20.9. The third-order valence-electron chi connectivity index (χ3n) is 5.20. The third kappa shape index (κ3) is 5.86. The topological polar surface area (TPSA) is 129 Å². The van der Waals surface area contributed by atoms with Crippen molar-refractivity contribution in [3.63, 3.8) is 0 Å². The summed E-state index contributed by atoms with van der Waals surface area (Å²) in [5.41, 5.74) is 0.0289. The monoisotopic (exact) mass is 567 g/mol. The van der Waals surface area contributed by atoms with Crippen molar-refractivity contribution in [1.29, 1.82) is 0 Å². The first-order valence-corrected chi connectivity index (χ1v) is 11.8. The first kappa shape index (κ1) is 25.6. The average molecular weight is 568 g/mol. The van der Waals surface area contributed by atoms with Crippen molar-refractivity contribution in [3.05, 3.63) is 103 Å². The van der Waals surface area contributed by atoms with Gasteiger partial charge >= 0.3 is 5.69 Å². The summed E-state index contributed by atoms with van der Waals surface area (Å²) in [5.74, 6) is -1.04. The summed E-state index contributed by atoms with van der Waals surface area (Å²) in [4.78, 5) is 40.6. The number of para-hydroxylation sites is 1. The van der Waals surface area contributed by atoms with Crippen molar-refractivity contribution in [2.24, 2.45) is 5.10 Å². The fourth-order valence-electron chi connectivity index (χ4n) is 3.44. The first-order chi connectivity index (χ1) is 17.8. The van der Waals surface area contributed by atoms with Crippen LogP contribution in [0.15, 0.2) is 75.0 Å². The number of benzene rings is 3. The minimum Gasteiger partial charge on any atom is -0.477 e. The average Bonchev–Trinajstić information content (AvgIpc) is 2.88. The molecule has 1 aromatic heterocycles.